The number of hydrogen-bond acceptors (Lipinski definition) is 3. The molecule has 0 unspecified atom stereocenters. The van der Waals surface area contributed by atoms with Gasteiger partial charge >= 0.3 is 0 Å². The second-order valence-corrected chi connectivity index (χ2v) is 5.61. The number of piperidine rings is 1. The first-order valence-corrected chi connectivity index (χ1v) is 7.37. The van der Waals surface area contributed by atoms with Crippen LogP contribution in [0.3, 0.4) is 0 Å². The lowest BCUT2D eigenvalue weighted by molar-refractivity contribution is 0.413. The Morgan fingerprint density at radius 1 is 1.25 bits per heavy atom. The topological polar surface area (TPSA) is 28.4 Å². The molecule has 0 amide bonds. The van der Waals surface area contributed by atoms with Crippen molar-refractivity contribution < 1.29 is 4.42 Å². The zero-order valence-electron chi connectivity index (χ0n) is 12.0. The number of anilines is 1. The van der Waals surface area contributed by atoms with Crippen molar-refractivity contribution in [2.45, 2.75) is 32.4 Å². The maximum absolute atomic E-state index is 5.09. The van der Waals surface area contributed by atoms with Crippen LogP contribution in [0.2, 0.25) is 0 Å². The molecule has 1 saturated heterocycles. The van der Waals surface area contributed by atoms with Gasteiger partial charge in [-0.3, -0.25) is 0 Å². The van der Waals surface area contributed by atoms with Gasteiger partial charge in [-0.1, -0.05) is 12.1 Å². The van der Waals surface area contributed by atoms with Gasteiger partial charge in [0.05, 0.1) is 12.5 Å². The molecule has 0 aliphatic carbocycles. The van der Waals surface area contributed by atoms with Crippen molar-refractivity contribution >= 4 is 5.69 Å². The Bertz CT molecular complexity index is 528. The van der Waals surface area contributed by atoms with E-state index >= 15 is 0 Å². The van der Waals surface area contributed by atoms with Crippen LogP contribution in [0.4, 0.5) is 5.69 Å². The molecule has 3 nitrogen and oxygen atoms in total. The lowest BCUT2D eigenvalue weighted by atomic mass is 10.0. The highest BCUT2D eigenvalue weighted by atomic mass is 16.3. The molecule has 1 N–H and O–H groups in total. The van der Waals surface area contributed by atoms with Crippen molar-refractivity contribution in [2.75, 3.05) is 18.0 Å². The summed E-state index contributed by atoms with van der Waals surface area (Å²) >= 11 is 0. The molecule has 0 saturated carbocycles. The fraction of sp³-hybridized carbons (Fsp3) is 0.412. The predicted octanol–water partition coefficient (Wildman–Crippen LogP) is 3.35. The van der Waals surface area contributed by atoms with Crippen LogP contribution in [0.1, 0.15) is 24.0 Å². The van der Waals surface area contributed by atoms with Gasteiger partial charge in [0.25, 0.3) is 0 Å². The first kappa shape index (κ1) is 13.3. The average molecular weight is 270 g/mol. The quantitative estimate of drug-likeness (QED) is 0.923. The summed E-state index contributed by atoms with van der Waals surface area (Å²) in [6.07, 6.45) is 5.95. The highest BCUT2D eigenvalue weighted by Gasteiger charge is 2.19. The molecule has 3 rings (SSSR count). The summed E-state index contributed by atoms with van der Waals surface area (Å²) in [5, 5.41) is 3.62. The number of nitrogens with one attached hydrogen (secondary N) is 1. The maximum Gasteiger partial charge on any atom is 0.0947 e. The Morgan fingerprint density at radius 3 is 2.80 bits per heavy atom. The minimum Gasteiger partial charge on any atom is -0.472 e. The van der Waals surface area contributed by atoms with Crippen LogP contribution in [-0.2, 0) is 6.54 Å². The van der Waals surface area contributed by atoms with Crippen molar-refractivity contribution in [3.63, 3.8) is 0 Å². The van der Waals surface area contributed by atoms with Gasteiger partial charge in [-0.25, -0.2) is 0 Å². The second-order valence-electron chi connectivity index (χ2n) is 5.61. The normalized spacial score (nSPS) is 16.6. The molecule has 0 spiro atoms. The molecular formula is C17H22N2O. The summed E-state index contributed by atoms with van der Waals surface area (Å²) in [6, 6.07) is 11.4. The van der Waals surface area contributed by atoms with Gasteiger partial charge in [-0.15, -0.1) is 0 Å². The van der Waals surface area contributed by atoms with Crippen LogP contribution in [0.25, 0.3) is 0 Å². The minimum absolute atomic E-state index is 0.617. The molecule has 1 aromatic heterocycles. The number of aryl methyl sites for hydroxylation is 1. The van der Waals surface area contributed by atoms with Crippen molar-refractivity contribution in [1.29, 1.82) is 0 Å². The van der Waals surface area contributed by atoms with E-state index in [1.54, 1.807) is 6.26 Å². The van der Waals surface area contributed by atoms with E-state index in [2.05, 4.69) is 41.4 Å². The van der Waals surface area contributed by atoms with Gasteiger partial charge < -0.3 is 14.6 Å². The second kappa shape index (κ2) is 6.14. The fourth-order valence-electron chi connectivity index (χ4n) is 2.82. The summed E-state index contributed by atoms with van der Waals surface area (Å²) in [5.41, 5.74) is 3.92. The molecule has 3 heteroatoms. The van der Waals surface area contributed by atoms with Crippen LogP contribution in [0.5, 0.6) is 0 Å². The van der Waals surface area contributed by atoms with E-state index < -0.39 is 0 Å². The van der Waals surface area contributed by atoms with Crippen LogP contribution in [0, 0.1) is 6.92 Å². The third-order valence-electron chi connectivity index (χ3n) is 4.04. The van der Waals surface area contributed by atoms with Gasteiger partial charge in [0.15, 0.2) is 0 Å². The number of hydrogen-bond donors (Lipinski definition) is 1. The summed E-state index contributed by atoms with van der Waals surface area (Å²) < 4.78 is 5.09. The van der Waals surface area contributed by atoms with E-state index in [9.17, 15) is 0 Å². The molecule has 2 aromatic rings. The lowest BCUT2D eigenvalue weighted by Crippen LogP contribution is -2.42. The van der Waals surface area contributed by atoms with Crippen LogP contribution in [-0.4, -0.2) is 19.1 Å². The lowest BCUT2D eigenvalue weighted by Gasteiger charge is -2.34. The fourth-order valence-corrected chi connectivity index (χ4v) is 2.82. The Labute approximate surface area is 120 Å². The van der Waals surface area contributed by atoms with Crippen LogP contribution in [0.15, 0.2) is 47.3 Å². The molecule has 1 fully saturated rings. The number of rotatable bonds is 4. The summed E-state index contributed by atoms with van der Waals surface area (Å²) in [7, 11) is 0. The summed E-state index contributed by atoms with van der Waals surface area (Å²) in [5.74, 6) is 0. The molecule has 1 aliphatic rings. The number of nitrogens with zero attached hydrogens (tertiary/aromatic N) is 1. The Hall–Kier alpha value is -1.74. The van der Waals surface area contributed by atoms with E-state index in [1.807, 2.05) is 12.3 Å². The van der Waals surface area contributed by atoms with E-state index in [0.717, 1.165) is 19.6 Å². The highest BCUT2D eigenvalue weighted by molar-refractivity contribution is 5.48. The van der Waals surface area contributed by atoms with E-state index in [4.69, 9.17) is 4.42 Å². The van der Waals surface area contributed by atoms with Crippen LogP contribution >= 0.6 is 0 Å². The van der Waals surface area contributed by atoms with E-state index in [-0.39, 0.29) is 0 Å². The molecule has 106 valence electrons. The molecule has 0 atom stereocenters. The molecule has 0 radical (unpaired) electrons. The Morgan fingerprint density at radius 2 is 2.10 bits per heavy atom. The largest absolute Gasteiger partial charge is 0.472 e. The SMILES string of the molecule is Cc1cccc(N2CCC(NCc3ccoc3)CC2)c1. The smallest absolute Gasteiger partial charge is 0.0947 e. The number of benzene rings is 1. The molecular weight excluding hydrogens is 248 g/mol. The minimum atomic E-state index is 0.617. The van der Waals surface area contributed by atoms with Crippen molar-refractivity contribution in [2.24, 2.45) is 0 Å². The Balaban J connectivity index is 1.49. The van der Waals surface area contributed by atoms with E-state index in [0.29, 0.717) is 6.04 Å². The average Bonchev–Trinajstić information content (AvgIpc) is 2.99. The summed E-state index contributed by atoms with van der Waals surface area (Å²) in [4.78, 5) is 2.49. The first-order chi connectivity index (χ1) is 9.81. The first-order valence-electron chi connectivity index (χ1n) is 7.37. The molecule has 2 heterocycles. The maximum atomic E-state index is 5.09. The molecule has 1 aliphatic heterocycles. The third kappa shape index (κ3) is 3.23. The predicted molar refractivity (Wildman–Crippen MR) is 82.0 cm³/mol. The standard InChI is InChI=1S/C17H22N2O/c1-14-3-2-4-17(11-14)19-8-5-16(6-9-19)18-12-15-7-10-20-13-15/h2-4,7,10-11,13,16,18H,5-6,8-9,12H2,1H3. The zero-order chi connectivity index (χ0) is 13.8. The van der Waals surface area contributed by atoms with Gasteiger partial charge in [-0.2, -0.15) is 0 Å². The zero-order valence-corrected chi connectivity index (χ0v) is 12.0. The van der Waals surface area contributed by atoms with Gasteiger partial charge in [0, 0.05) is 36.9 Å². The Kier molecular flexibility index (Phi) is 4.07. The molecule has 0 bridgehead atoms. The number of furan rings is 1. The van der Waals surface area contributed by atoms with Gasteiger partial charge in [0.1, 0.15) is 0 Å². The van der Waals surface area contributed by atoms with Crippen molar-refractivity contribution in [3.05, 3.63) is 54.0 Å². The highest BCUT2D eigenvalue weighted by Crippen LogP contribution is 2.21. The van der Waals surface area contributed by atoms with Crippen LogP contribution < -0.4 is 10.2 Å². The monoisotopic (exact) mass is 270 g/mol. The van der Waals surface area contributed by atoms with Crippen molar-refractivity contribution in [1.82, 2.24) is 5.32 Å². The summed E-state index contributed by atoms with van der Waals surface area (Å²) in [6.45, 7) is 5.33. The van der Waals surface area contributed by atoms with E-state index in [1.165, 1.54) is 29.7 Å². The molecule has 20 heavy (non-hydrogen) atoms. The van der Waals surface area contributed by atoms with Gasteiger partial charge in [0.2, 0.25) is 0 Å². The third-order valence-corrected chi connectivity index (χ3v) is 4.04. The van der Waals surface area contributed by atoms with Gasteiger partial charge in [-0.05, 0) is 43.5 Å². The van der Waals surface area contributed by atoms with Crippen molar-refractivity contribution in [3.8, 4) is 0 Å². The molecule has 1 aromatic carbocycles.